The molecule has 0 aliphatic carbocycles. The highest BCUT2D eigenvalue weighted by Gasteiger charge is 2.09. The first-order valence-corrected chi connectivity index (χ1v) is 21.4. The summed E-state index contributed by atoms with van der Waals surface area (Å²) in [5.41, 5.74) is 0. The molecular formula is C43H86O4. The maximum atomic E-state index is 6.24. The predicted molar refractivity (Wildman–Crippen MR) is 206 cm³/mol. The maximum absolute atomic E-state index is 6.24. The molecule has 0 bridgehead atoms. The van der Waals surface area contributed by atoms with Crippen molar-refractivity contribution in [2.45, 2.75) is 239 Å². The Bertz CT molecular complexity index is 546. The van der Waals surface area contributed by atoms with Crippen LogP contribution in [-0.4, -0.2) is 32.9 Å². The van der Waals surface area contributed by atoms with Crippen molar-refractivity contribution in [3.05, 3.63) is 12.3 Å². The molecule has 4 heteroatoms. The first-order chi connectivity index (χ1) is 23.3. The van der Waals surface area contributed by atoms with E-state index in [1.54, 1.807) is 0 Å². The zero-order valence-corrected chi connectivity index (χ0v) is 32.5. The fraction of sp³-hybridized carbons (Fsp3) is 0.953. The Labute approximate surface area is 296 Å². The molecule has 0 aromatic carbocycles. The van der Waals surface area contributed by atoms with E-state index in [-0.39, 0.29) is 6.29 Å². The summed E-state index contributed by atoms with van der Waals surface area (Å²) in [5.74, 6) is 0. The van der Waals surface area contributed by atoms with Crippen molar-refractivity contribution in [2.75, 3.05) is 26.6 Å². The summed E-state index contributed by atoms with van der Waals surface area (Å²) in [6.07, 6.45) is 47.5. The van der Waals surface area contributed by atoms with Gasteiger partial charge in [0.1, 0.15) is 0 Å². The molecule has 0 amide bonds. The van der Waals surface area contributed by atoms with E-state index in [0.29, 0.717) is 6.79 Å². The average molecular weight is 667 g/mol. The van der Waals surface area contributed by atoms with Crippen molar-refractivity contribution in [3.8, 4) is 0 Å². The van der Waals surface area contributed by atoms with Crippen molar-refractivity contribution in [2.24, 2.45) is 0 Å². The highest BCUT2D eigenvalue weighted by atomic mass is 16.7. The van der Waals surface area contributed by atoms with Crippen molar-refractivity contribution in [1.29, 1.82) is 0 Å². The lowest BCUT2D eigenvalue weighted by Crippen LogP contribution is -2.19. The summed E-state index contributed by atoms with van der Waals surface area (Å²) >= 11 is 0. The van der Waals surface area contributed by atoms with Crippen LogP contribution >= 0.6 is 0 Å². The number of unbranched alkanes of at least 4 members (excludes halogenated alkanes) is 28. The lowest BCUT2D eigenvalue weighted by Gasteiger charge is -2.19. The van der Waals surface area contributed by atoms with E-state index in [0.717, 1.165) is 39.1 Å². The molecule has 0 aromatic rings. The highest BCUT2D eigenvalue weighted by Crippen LogP contribution is 2.16. The largest absolute Gasteiger partial charge is 0.475 e. The van der Waals surface area contributed by atoms with Crippen LogP contribution in [-0.2, 0) is 18.9 Å². The molecule has 0 radical (unpaired) electrons. The van der Waals surface area contributed by atoms with Gasteiger partial charge in [-0.15, -0.1) is 0 Å². The van der Waals surface area contributed by atoms with Crippen LogP contribution in [0.4, 0.5) is 0 Å². The van der Waals surface area contributed by atoms with E-state index in [2.05, 4.69) is 26.8 Å². The van der Waals surface area contributed by atoms with Crippen LogP contribution in [0.5, 0.6) is 0 Å². The summed E-state index contributed by atoms with van der Waals surface area (Å²) in [6.45, 7) is 9.80. The quantitative estimate of drug-likeness (QED) is 0.0369. The molecule has 0 fully saturated rings. The fourth-order valence-corrected chi connectivity index (χ4v) is 6.19. The number of hydrogen-bond acceptors (Lipinski definition) is 4. The Hall–Kier alpha value is -0.580. The minimum Gasteiger partial charge on any atom is -0.475 e. The van der Waals surface area contributed by atoms with E-state index in [1.165, 1.54) is 193 Å². The average Bonchev–Trinajstić information content (AvgIpc) is 3.08. The molecule has 282 valence electrons. The molecule has 0 aromatic heterocycles. The van der Waals surface area contributed by atoms with Crippen LogP contribution < -0.4 is 0 Å². The van der Waals surface area contributed by atoms with Crippen LogP contribution in [0.3, 0.4) is 0 Å². The van der Waals surface area contributed by atoms with E-state index in [1.807, 2.05) is 6.26 Å². The van der Waals surface area contributed by atoms with Gasteiger partial charge in [-0.1, -0.05) is 188 Å². The summed E-state index contributed by atoms with van der Waals surface area (Å²) in [4.78, 5) is 0. The van der Waals surface area contributed by atoms with Gasteiger partial charge in [0.2, 0.25) is 0 Å². The van der Waals surface area contributed by atoms with Crippen molar-refractivity contribution < 1.29 is 18.9 Å². The topological polar surface area (TPSA) is 36.9 Å². The summed E-state index contributed by atoms with van der Waals surface area (Å²) in [7, 11) is 0. The Kier molecular flexibility index (Phi) is 42.9. The SMILES string of the molecule is CCCCCCCCCCOCOC=CCCCCCCCCCCCC(OCCCCCCCCC)OCCCCCCCCC. The van der Waals surface area contributed by atoms with Crippen LogP contribution in [0.2, 0.25) is 0 Å². The monoisotopic (exact) mass is 667 g/mol. The molecule has 0 unspecified atom stereocenters. The van der Waals surface area contributed by atoms with Gasteiger partial charge in [-0.3, -0.25) is 0 Å². The third kappa shape index (κ3) is 41.5. The number of ether oxygens (including phenoxy) is 4. The second kappa shape index (κ2) is 43.4. The minimum absolute atomic E-state index is 0.0156. The fourth-order valence-electron chi connectivity index (χ4n) is 6.19. The zero-order valence-electron chi connectivity index (χ0n) is 32.5. The van der Waals surface area contributed by atoms with Crippen LogP contribution in [0.15, 0.2) is 12.3 Å². The van der Waals surface area contributed by atoms with Gasteiger partial charge in [-0.25, -0.2) is 0 Å². The van der Waals surface area contributed by atoms with Crippen LogP contribution in [0.1, 0.15) is 233 Å². The van der Waals surface area contributed by atoms with Crippen molar-refractivity contribution in [3.63, 3.8) is 0 Å². The van der Waals surface area contributed by atoms with E-state index in [4.69, 9.17) is 18.9 Å². The molecule has 0 aliphatic heterocycles. The van der Waals surface area contributed by atoms with Gasteiger partial charge in [-0.05, 0) is 51.0 Å². The third-order valence-corrected chi connectivity index (χ3v) is 9.40. The minimum atomic E-state index is 0.0156. The van der Waals surface area contributed by atoms with Crippen LogP contribution in [0, 0.1) is 0 Å². The van der Waals surface area contributed by atoms with E-state index < -0.39 is 0 Å². The highest BCUT2D eigenvalue weighted by molar-refractivity contribution is 4.72. The van der Waals surface area contributed by atoms with Gasteiger partial charge in [0.05, 0.1) is 12.9 Å². The standard InChI is InChI=1S/C43H86O4/c1-4-7-10-13-16-25-28-33-38-44-42-45-39-34-29-26-21-19-17-18-20-22-27-32-37-43(46-40-35-30-23-14-11-8-5-2)47-41-36-31-24-15-12-9-6-3/h34,39,43H,4-33,35-38,40-42H2,1-3H3. The predicted octanol–water partition coefficient (Wildman–Crippen LogP) is 14.8. The lowest BCUT2D eigenvalue weighted by atomic mass is 10.1. The molecule has 0 atom stereocenters. The third-order valence-electron chi connectivity index (χ3n) is 9.40. The molecule has 47 heavy (non-hydrogen) atoms. The summed E-state index contributed by atoms with van der Waals surface area (Å²) in [6, 6.07) is 0. The van der Waals surface area contributed by atoms with E-state index >= 15 is 0 Å². The van der Waals surface area contributed by atoms with Gasteiger partial charge in [0.15, 0.2) is 13.1 Å². The first-order valence-electron chi connectivity index (χ1n) is 21.4. The molecule has 4 nitrogen and oxygen atoms in total. The molecule has 0 rings (SSSR count). The normalized spacial score (nSPS) is 11.8. The molecule has 0 heterocycles. The van der Waals surface area contributed by atoms with Gasteiger partial charge in [-0.2, -0.15) is 0 Å². The first kappa shape index (κ1) is 46.4. The number of hydrogen-bond donors (Lipinski definition) is 0. The van der Waals surface area contributed by atoms with Crippen LogP contribution in [0.25, 0.3) is 0 Å². The Morgan fingerprint density at radius 3 is 1.19 bits per heavy atom. The summed E-state index contributed by atoms with van der Waals surface area (Å²) in [5, 5.41) is 0. The second-order valence-electron chi connectivity index (χ2n) is 14.2. The maximum Gasteiger partial charge on any atom is 0.188 e. The Balaban J connectivity index is 3.66. The smallest absolute Gasteiger partial charge is 0.188 e. The van der Waals surface area contributed by atoms with Gasteiger partial charge < -0.3 is 18.9 Å². The van der Waals surface area contributed by atoms with E-state index in [9.17, 15) is 0 Å². The summed E-state index contributed by atoms with van der Waals surface area (Å²) < 4.78 is 23.5. The zero-order chi connectivity index (χ0) is 34.0. The molecule has 0 saturated carbocycles. The molecule has 0 saturated heterocycles. The lowest BCUT2D eigenvalue weighted by molar-refractivity contribution is -0.148. The molecular weight excluding hydrogens is 580 g/mol. The van der Waals surface area contributed by atoms with Gasteiger partial charge in [0, 0.05) is 13.2 Å². The second-order valence-corrected chi connectivity index (χ2v) is 14.2. The molecule has 0 spiro atoms. The van der Waals surface area contributed by atoms with Crippen molar-refractivity contribution in [1.82, 2.24) is 0 Å². The van der Waals surface area contributed by atoms with Gasteiger partial charge >= 0.3 is 0 Å². The molecule has 0 N–H and O–H groups in total. The van der Waals surface area contributed by atoms with Crippen molar-refractivity contribution >= 4 is 0 Å². The molecule has 0 aliphatic rings. The van der Waals surface area contributed by atoms with Gasteiger partial charge in [0.25, 0.3) is 0 Å². The number of allylic oxidation sites excluding steroid dienone is 1. The Morgan fingerprint density at radius 1 is 0.383 bits per heavy atom. The Morgan fingerprint density at radius 2 is 0.745 bits per heavy atom. The number of rotatable bonds is 42.